The first-order valence-electron chi connectivity index (χ1n) is 8.84. The Bertz CT molecular complexity index is 716. The number of benzene rings is 1. The molecule has 2 atom stereocenters. The van der Waals surface area contributed by atoms with Crippen molar-refractivity contribution in [1.82, 2.24) is 15.3 Å². The largest absolute Gasteiger partial charge is 0.378 e. The lowest BCUT2D eigenvalue weighted by atomic mass is 10.0. The third-order valence-corrected chi connectivity index (χ3v) is 4.74. The Morgan fingerprint density at radius 3 is 2.56 bits per heavy atom. The first-order chi connectivity index (χ1) is 12.3. The van der Waals surface area contributed by atoms with Crippen LogP contribution in [0.5, 0.6) is 0 Å². The predicted octanol–water partition coefficient (Wildman–Crippen LogP) is 3.22. The van der Waals surface area contributed by atoms with Gasteiger partial charge in [-0.15, -0.1) is 0 Å². The smallest absolute Gasteiger partial charge is 0.319 e. The molecule has 1 aliphatic heterocycles. The standard InChI is InChI=1S/C19H22N4O2/c24-19(22-15-8-9-25-17(10-15)13-6-7-13)23-16-11-20-18(21-12-16)14-4-2-1-3-5-14/h1-5,11-13,15,17H,6-10H2,(H2,22,23,24)/t15-,17+/m1/s1. The second-order valence-electron chi connectivity index (χ2n) is 6.73. The molecule has 130 valence electrons. The molecular weight excluding hydrogens is 316 g/mol. The van der Waals surface area contributed by atoms with Gasteiger partial charge in [0, 0.05) is 18.2 Å². The highest BCUT2D eigenvalue weighted by atomic mass is 16.5. The van der Waals surface area contributed by atoms with Crippen LogP contribution in [0.3, 0.4) is 0 Å². The molecule has 0 spiro atoms. The monoisotopic (exact) mass is 338 g/mol. The van der Waals surface area contributed by atoms with Crippen molar-refractivity contribution < 1.29 is 9.53 Å². The van der Waals surface area contributed by atoms with Gasteiger partial charge < -0.3 is 15.4 Å². The number of urea groups is 1. The Morgan fingerprint density at radius 2 is 1.84 bits per heavy atom. The van der Waals surface area contributed by atoms with Crippen molar-refractivity contribution in [2.24, 2.45) is 5.92 Å². The van der Waals surface area contributed by atoms with Crippen molar-refractivity contribution in [2.75, 3.05) is 11.9 Å². The summed E-state index contributed by atoms with van der Waals surface area (Å²) in [4.78, 5) is 20.8. The third-order valence-electron chi connectivity index (χ3n) is 4.74. The average molecular weight is 338 g/mol. The lowest BCUT2D eigenvalue weighted by Crippen LogP contribution is -2.44. The topological polar surface area (TPSA) is 76.1 Å². The summed E-state index contributed by atoms with van der Waals surface area (Å²) in [6, 6.07) is 9.71. The van der Waals surface area contributed by atoms with Gasteiger partial charge in [-0.1, -0.05) is 30.3 Å². The van der Waals surface area contributed by atoms with Gasteiger partial charge in [-0.2, -0.15) is 0 Å². The molecule has 2 N–H and O–H groups in total. The van der Waals surface area contributed by atoms with E-state index in [0.29, 0.717) is 23.5 Å². The molecular formula is C19H22N4O2. The van der Waals surface area contributed by atoms with Crippen LogP contribution in [0.4, 0.5) is 10.5 Å². The van der Waals surface area contributed by atoms with Crippen LogP contribution in [-0.4, -0.2) is 34.8 Å². The van der Waals surface area contributed by atoms with Gasteiger partial charge >= 0.3 is 6.03 Å². The van der Waals surface area contributed by atoms with Crippen molar-refractivity contribution in [3.8, 4) is 11.4 Å². The predicted molar refractivity (Wildman–Crippen MR) is 95.1 cm³/mol. The van der Waals surface area contributed by atoms with Gasteiger partial charge in [-0.05, 0) is 31.6 Å². The molecule has 6 nitrogen and oxygen atoms in total. The number of hydrogen-bond donors (Lipinski definition) is 2. The Kier molecular flexibility index (Phi) is 4.61. The minimum absolute atomic E-state index is 0.170. The molecule has 6 heteroatoms. The second kappa shape index (κ2) is 7.19. The van der Waals surface area contributed by atoms with Gasteiger partial charge in [0.2, 0.25) is 0 Å². The quantitative estimate of drug-likeness (QED) is 0.897. The van der Waals surface area contributed by atoms with Crippen LogP contribution in [0, 0.1) is 5.92 Å². The number of carbonyl (C=O) groups excluding carboxylic acids is 1. The van der Waals surface area contributed by atoms with Crippen LogP contribution in [0.2, 0.25) is 0 Å². The molecule has 2 amide bonds. The van der Waals surface area contributed by atoms with E-state index in [1.54, 1.807) is 12.4 Å². The summed E-state index contributed by atoms with van der Waals surface area (Å²) in [6.45, 7) is 0.723. The zero-order valence-electron chi connectivity index (χ0n) is 14.0. The summed E-state index contributed by atoms with van der Waals surface area (Å²) in [5.74, 6) is 1.34. The number of anilines is 1. The molecule has 0 radical (unpaired) electrons. The van der Waals surface area contributed by atoms with Crippen LogP contribution < -0.4 is 10.6 Å². The van der Waals surface area contributed by atoms with Gasteiger partial charge in [-0.25, -0.2) is 14.8 Å². The summed E-state index contributed by atoms with van der Waals surface area (Å²) in [6.07, 6.45) is 7.86. The van der Waals surface area contributed by atoms with Crippen molar-refractivity contribution in [2.45, 2.75) is 37.8 Å². The zero-order valence-corrected chi connectivity index (χ0v) is 14.0. The van der Waals surface area contributed by atoms with Crippen molar-refractivity contribution >= 4 is 11.7 Å². The molecule has 2 heterocycles. The lowest BCUT2D eigenvalue weighted by Gasteiger charge is -2.30. The fraction of sp³-hybridized carbons (Fsp3) is 0.421. The Balaban J connectivity index is 1.31. The molecule has 1 aromatic heterocycles. The third kappa shape index (κ3) is 4.14. The number of aromatic nitrogens is 2. The normalized spacial score (nSPS) is 23.0. The molecule has 1 saturated carbocycles. The van der Waals surface area contributed by atoms with E-state index in [0.717, 1.165) is 25.0 Å². The van der Waals surface area contributed by atoms with Crippen LogP contribution in [0.1, 0.15) is 25.7 Å². The maximum Gasteiger partial charge on any atom is 0.319 e. The van der Waals surface area contributed by atoms with Crippen molar-refractivity contribution in [3.05, 3.63) is 42.7 Å². The van der Waals surface area contributed by atoms with Gasteiger partial charge in [0.1, 0.15) is 0 Å². The molecule has 2 aromatic rings. The summed E-state index contributed by atoms with van der Waals surface area (Å²) in [5.41, 5.74) is 1.54. The minimum atomic E-state index is -0.211. The summed E-state index contributed by atoms with van der Waals surface area (Å²) < 4.78 is 5.80. The Labute approximate surface area is 147 Å². The number of rotatable bonds is 4. The summed E-state index contributed by atoms with van der Waals surface area (Å²) in [5, 5.41) is 5.85. The van der Waals surface area contributed by atoms with E-state index in [4.69, 9.17) is 4.74 Å². The molecule has 2 fully saturated rings. The van der Waals surface area contributed by atoms with Crippen molar-refractivity contribution in [3.63, 3.8) is 0 Å². The number of nitrogens with one attached hydrogen (secondary N) is 2. The molecule has 0 unspecified atom stereocenters. The zero-order chi connectivity index (χ0) is 17.1. The highest BCUT2D eigenvalue weighted by Crippen LogP contribution is 2.38. The van der Waals surface area contributed by atoms with Gasteiger partial charge in [0.05, 0.1) is 24.2 Å². The Hall–Kier alpha value is -2.47. The van der Waals surface area contributed by atoms with E-state index >= 15 is 0 Å². The van der Waals surface area contributed by atoms with E-state index in [9.17, 15) is 4.79 Å². The van der Waals surface area contributed by atoms with Crippen LogP contribution in [0.15, 0.2) is 42.7 Å². The second-order valence-corrected chi connectivity index (χ2v) is 6.73. The van der Waals surface area contributed by atoms with E-state index in [2.05, 4.69) is 20.6 Å². The maximum absolute atomic E-state index is 12.2. The average Bonchev–Trinajstić information content (AvgIpc) is 3.48. The SMILES string of the molecule is O=C(Nc1cnc(-c2ccccc2)nc1)N[C@@H]1CCO[C@H](C2CC2)C1. The van der Waals surface area contributed by atoms with E-state index in [1.165, 1.54) is 12.8 Å². The van der Waals surface area contributed by atoms with Gasteiger partial charge in [-0.3, -0.25) is 0 Å². The summed E-state index contributed by atoms with van der Waals surface area (Å²) in [7, 11) is 0. The molecule has 1 aliphatic carbocycles. The number of carbonyl (C=O) groups is 1. The molecule has 4 rings (SSSR count). The first-order valence-corrected chi connectivity index (χ1v) is 8.84. The summed E-state index contributed by atoms with van der Waals surface area (Å²) >= 11 is 0. The highest BCUT2D eigenvalue weighted by Gasteiger charge is 2.36. The van der Waals surface area contributed by atoms with E-state index < -0.39 is 0 Å². The molecule has 25 heavy (non-hydrogen) atoms. The molecule has 2 aliphatic rings. The highest BCUT2D eigenvalue weighted by molar-refractivity contribution is 5.89. The van der Waals surface area contributed by atoms with Crippen LogP contribution in [0.25, 0.3) is 11.4 Å². The molecule has 0 bridgehead atoms. The van der Waals surface area contributed by atoms with E-state index in [1.807, 2.05) is 30.3 Å². The van der Waals surface area contributed by atoms with Gasteiger partial charge in [0.15, 0.2) is 5.82 Å². The Morgan fingerprint density at radius 1 is 1.08 bits per heavy atom. The van der Waals surface area contributed by atoms with E-state index in [-0.39, 0.29) is 12.1 Å². The lowest BCUT2D eigenvalue weighted by molar-refractivity contribution is -0.00889. The fourth-order valence-corrected chi connectivity index (χ4v) is 3.24. The van der Waals surface area contributed by atoms with Gasteiger partial charge in [0.25, 0.3) is 0 Å². The number of amides is 2. The van der Waals surface area contributed by atoms with Crippen LogP contribution >= 0.6 is 0 Å². The molecule has 1 saturated heterocycles. The van der Waals surface area contributed by atoms with Crippen molar-refractivity contribution in [1.29, 1.82) is 0 Å². The number of hydrogen-bond acceptors (Lipinski definition) is 4. The number of nitrogens with zero attached hydrogens (tertiary/aromatic N) is 2. The fourth-order valence-electron chi connectivity index (χ4n) is 3.24. The first kappa shape index (κ1) is 16.0. The maximum atomic E-state index is 12.2. The van der Waals surface area contributed by atoms with Crippen LogP contribution in [-0.2, 0) is 4.74 Å². The molecule has 1 aromatic carbocycles. The minimum Gasteiger partial charge on any atom is -0.378 e. The number of ether oxygens (including phenoxy) is 1.